The molecule has 1 atom stereocenters. The lowest BCUT2D eigenvalue weighted by atomic mass is 9.97. The van der Waals surface area contributed by atoms with Gasteiger partial charge in [0.05, 0.1) is 5.92 Å². The van der Waals surface area contributed by atoms with Crippen molar-refractivity contribution in [1.29, 1.82) is 0 Å². The first-order valence-electron chi connectivity index (χ1n) is 9.50. The average Bonchev–Trinajstić information content (AvgIpc) is 3.08. The number of anilines is 2. The third kappa shape index (κ3) is 5.19. The van der Waals surface area contributed by atoms with Crippen molar-refractivity contribution in [2.24, 2.45) is 11.7 Å². The standard InChI is InChI=1S/C19H27N5O3/c20-18(26)14-4-2-9-23(13-14)11-8-21-19(27)22-15-5-1-6-16(12-15)24-10-3-7-17(24)25/h1,5-6,12,14H,2-4,7-11,13H2,(H2,20,26)(H2,21,22,27)/t14-/m1/s1. The van der Waals surface area contributed by atoms with E-state index in [1.807, 2.05) is 18.2 Å². The Morgan fingerprint density at radius 2 is 2.07 bits per heavy atom. The lowest BCUT2D eigenvalue weighted by molar-refractivity contribution is -0.123. The van der Waals surface area contributed by atoms with Crippen LogP contribution in [0.15, 0.2) is 24.3 Å². The number of carbonyl (C=O) groups excluding carboxylic acids is 3. The number of nitrogens with zero attached hydrogens (tertiary/aromatic N) is 2. The van der Waals surface area contributed by atoms with Gasteiger partial charge in [0, 0.05) is 44.0 Å². The summed E-state index contributed by atoms with van der Waals surface area (Å²) in [7, 11) is 0. The summed E-state index contributed by atoms with van der Waals surface area (Å²) in [5.74, 6) is -0.224. The monoisotopic (exact) mass is 373 g/mol. The number of amides is 4. The molecule has 0 aromatic heterocycles. The van der Waals surface area contributed by atoms with Crippen LogP contribution in [-0.4, -0.2) is 55.5 Å². The number of piperidine rings is 1. The summed E-state index contributed by atoms with van der Waals surface area (Å²) in [5.41, 5.74) is 6.84. The lowest BCUT2D eigenvalue weighted by Gasteiger charge is -2.31. The number of nitrogens with one attached hydrogen (secondary N) is 2. The van der Waals surface area contributed by atoms with E-state index in [-0.39, 0.29) is 23.8 Å². The molecule has 1 aromatic rings. The average molecular weight is 373 g/mol. The van der Waals surface area contributed by atoms with Gasteiger partial charge < -0.3 is 26.2 Å². The maximum absolute atomic E-state index is 12.1. The van der Waals surface area contributed by atoms with E-state index in [0.717, 1.165) is 38.0 Å². The van der Waals surface area contributed by atoms with Crippen LogP contribution in [0.25, 0.3) is 0 Å². The van der Waals surface area contributed by atoms with Gasteiger partial charge >= 0.3 is 6.03 Å². The highest BCUT2D eigenvalue weighted by Gasteiger charge is 2.24. The number of benzene rings is 1. The van der Waals surface area contributed by atoms with E-state index in [1.165, 1.54) is 0 Å². The van der Waals surface area contributed by atoms with Gasteiger partial charge in [-0.25, -0.2) is 4.79 Å². The largest absolute Gasteiger partial charge is 0.369 e. The van der Waals surface area contributed by atoms with Gasteiger partial charge in [-0.1, -0.05) is 6.07 Å². The fourth-order valence-corrected chi connectivity index (χ4v) is 3.67. The highest BCUT2D eigenvalue weighted by molar-refractivity contribution is 5.96. The Morgan fingerprint density at radius 1 is 1.22 bits per heavy atom. The molecular formula is C19H27N5O3. The van der Waals surface area contributed by atoms with Crippen molar-refractivity contribution in [3.8, 4) is 0 Å². The second kappa shape index (κ2) is 8.85. The summed E-state index contributed by atoms with van der Waals surface area (Å²) in [6.45, 7) is 3.46. The quantitative estimate of drug-likeness (QED) is 0.695. The number of rotatable bonds is 6. The van der Waals surface area contributed by atoms with Gasteiger partial charge in [0.25, 0.3) is 0 Å². The Balaban J connectivity index is 1.44. The number of hydrogen-bond acceptors (Lipinski definition) is 4. The summed E-state index contributed by atoms with van der Waals surface area (Å²) in [4.78, 5) is 39.2. The van der Waals surface area contributed by atoms with Crippen LogP contribution in [0.3, 0.4) is 0 Å². The van der Waals surface area contributed by atoms with E-state index < -0.39 is 0 Å². The van der Waals surface area contributed by atoms with Crippen LogP contribution < -0.4 is 21.3 Å². The predicted octanol–water partition coefficient (Wildman–Crippen LogP) is 1.13. The predicted molar refractivity (Wildman–Crippen MR) is 103 cm³/mol. The molecule has 1 aromatic carbocycles. The molecule has 2 aliphatic rings. The van der Waals surface area contributed by atoms with E-state index in [2.05, 4.69) is 15.5 Å². The summed E-state index contributed by atoms with van der Waals surface area (Å²) in [6.07, 6.45) is 3.23. The Hall–Kier alpha value is -2.61. The Bertz CT molecular complexity index is 708. The number of primary amides is 1. The first-order chi connectivity index (χ1) is 13.0. The molecule has 0 spiro atoms. The van der Waals surface area contributed by atoms with E-state index in [9.17, 15) is 14.4 Å². The van der Waals surface area contributed by atoms with Gasteiger partial charge in [-0.2, -0.15) is 0 Å². The van der Waals surface area contributed by atoms with Gasteiger partial charge in [-0.05, 0) is 44.0 Å². The molecule has 4 N–H and O–H groups in total. The zero-order chi connectivity index (χ0) is 19.2. The van der Waals surface area contributed by atoms with Crippen molar-refractivity contribution < 1.29 is 14.4 Å². The normalized spacial score (nSPS) is 20.5. The molecule has 2 saturated heterocycles. The molecule has 3 rings (SSSR count). The van der Waals surface area contributed by atoms with Crippen molar-refractivity contribution in [3.05, 3.63) is 24.3 Å². The minimum absolute atomic E-state index is 0.0939. The molecule has 0 bridgehead atoms. The first kappa shape index (κ1) is 19.2. The Kier molecular flexibility index (Phi) is 6.28. The van der Waals surface area contributed by atoms with Gasteiger partial charge in [0.15, 0.2) is 0 Å². The van der Waals surface area contributed by atoms with Gasteiger partial charge in [0.2, 0.25) is 11.8 Å². The van der Waals surface area contributed by atoms with Crippen molar-refractivity contribution in [3.63, 3.8) is 0 Å². The third-order valence-electron chi connectivity index (χ3n) is 5.11. The number of carbonyl (C=O) groups is 3. The lowest BCUT2D eigenvalue weighted by Crippen LogP contribution is -2.44. The Morgan fingerprint density at radius 3 is 2.81 bits per heavy atom. The maximum atomic E-state index is 12.1. The summed E-state index contributed by atoms with van der Waals surface area (Å²) < 4.78 is 0. The van der Waals surface area contributed by atoms with Crippen LogP contribution in [0.2, 0.25) is 0 Å². The molecule has 2 heterocycles. The third-order valence-corrected chi connectivity index (χ3v) is 5.11. The topological polar surface area (TPSA) is 108 Å². The molecule has 0 saturated carbocycles. The first-order valence-corrected chi connectivity index (χ1v) is 9.50. The molecule has 2 aliphatic heterocycles. The SMILES string of the molecule is NC(=O)[C@@H]1CCCN(CCNC(=O)Nc2cccc(N3CCCC3=O)c2)C1. The summed E-state index contributed by atoms with van der Waals surface area (Å²) in [5, 5.41) is 5.64. The zero-order valence-electron chi connectivity index (χ0n) is 15.4. The molecule has 2 fully saturated rings. The fourth-order valence-electron chi connectivity index (χ4n) is 3.67. The van der Waals surface area contributed by atoms with Crippen LogP contribution in [-0.2, 0) is 9.59 Å². The van der Waals surface area contributed by atoms with Crippen LogP contribution in [0.1, 0.15) is 25.7 Å². The second-order valence-corrected chi connectivity index (χ2v) is 7.12. The van der Waals surface area contributed by atoms with Crippen LogP contribution in [0.4, 0.5) is 16.2 Å². The van der Waals surface area contributed by atoms with Gasteiger partial charge in [0.1, 0.15) is 0 Å². The van der Waals surface area contributed by atoms with E-state index >= 15 is 0 Å². The highest BCUT2D eigenvalue weighted by atomic mass is 16.2. The molecular weight excluding hydrogens is 346 g/mol. The van der Waals surface area contributed by atoms with Crippen LogP contribution >= 0.6 is 0 Å². The van der Waals surface area contributed by atoms with Gasteiger partial charge in [-0.3, -0.25) is 9.59 Å². The highest BCUT2D eigenvalue weighted by Crippen LogP contribution is 2.24. The maximum Gasteiger partial charge on any atom is 0.319 e. The van der Waals surface area contributed by atoms with Gasteiger partial charge in [-0.15, -0.1) is 0 Å². The number of likely N-dealkylation sites (tertiary alicyclic amines) is 1. The van der Waals surface area contributed by atoms with Crippen molar-refractivity contribution in [2.45, 2.75) is 25.7 Å². The molecule has 27 heavy (non-hydrogen) atoms. The van der Waals surface area contributed by atoms with Crippen LogP contribution in [0.5, 0.6) is 0 Å². The number of hydrogen-bond donors (Lipinski definition) is 3. The molecule has 8 heteroatoms. The molecule has 4 amide bonds. The van der Waals surface area contributed by atoms with Crippen molar-refractivity contribution in [1.82, 2.24) is 10.2 Å². The van der Waals surface area contributed by atoms with E-state index in [1.54, 1.807) is 11.0 Å². The molecule has 0 radical (unpaired) electrons. The molecule has 8 nitrogen and oxygen atoms in total. The number of urea groups is 1. The molecule has 0 aliphatic carbocycles. The minimum atomic E-state index is -0.289. The Labute approximate surface area is 159 Å². The zero-order valence-corrected chi connectivity index (χ0v) is 15.4. The van der Waals surface area contributed by atoms with Crippen molar-refractivity contribution >= 4 is 29.2 Å². The number of nitrogens with two attached hydrogens (primary N) is 1. The minimum Gasteiger partial charge on any atom is -0.369 e. The molecule has 146 valence electrons. The summed E-state index contributed by atoms with van der Waals surface area (Å²) in [6, 6.07) is 7.02. The van der Waals surface area contributed by atoms with E-state index in [4.69, 9.17) is 5.73 Å². The molecule has 0 unspecified atom stereocenters. The summed E-state index contributed by atoms with van der Waals surface area (Å²) >= 11 is 0. The van der Waals surface area contributed by atoms with Crippen LogP contribution in [0, 0.1) is 5.92 Å². The van der Waals surface area contributed by atoms with E-state index in [0.29, 0.717) is 31.7 Å². The fraction of sp³-hybridized carbons (Fsp3) is 0.526. The van der Waals surface area contributed by atoms with Crippen molar-refractivity contribution in [2.75, 3.05) is 42.9 Å². The smallest absolute Gasteiger partial charge is 0.319 e. The second-order valence-electron chi connectivity index (χ2n) is 7.12.